The van der Waals surface area contributed by atoms with E-state index >= 15 is 0 Å². The van der Waals surface area contributed by atoms with Gasteiger partial charge in [-0.15, -0.1) is 0 Å². The zero-order valence-corrected chi connectivity index (χ0v) is 13.9. The Bertz CT molecular complexity index is 827. The molecule has 0 spiro atoms. The first-order valence-electron chi connectivity index (χ1n) is 8.51. The molecule has 1 N–H and O–H groups in total. The van der Waals surface area contributed by atoms with Gasteiger partial charge < -0.3 is 9.47 Å². The van der Waals surface area contributed by atoms with Crippen molar-refractivity contribution in [3.8, 4) is 11.4 Å². The number of amides is 1. The quantitative estimate of drug-likeness (QED) is 0.792. The van der Waals surface area contributed by atoms with E-state index < -0.39 is 0 Å². The van der Waals surface area contributed by atoms with E-state index in [0.29, 0.717) is 17.3 Å². The monoisotopic (exact) mass is 336 g/mol. The minimum absolute atomic E-state index is 0.0577. The van der Waals surface area contributed by atoms with Gasteiger partial charge in [0, 0.05) is 37.6 Å². The molecule has 25 heavy (non-hydrogen) atoms. The van der Waals surface area contributed by atoms with Crippen molar-refractivity contribution in [1.82, 2.24) is 29.6 Å². The lowest BCUT2D eigenvalue weighted by Crippen LogP contribution is -2.41. The number of rotatable bonds is 4. The minimum atomic E-state index is 0.0577. The minimum Gasteiger partial charge on any atom is -0.338 e. The van der Waals surface area contributed by atoms with Gasteiger partial charge in [-0.1, -0.05) is 18.2 Å². The van der Waals surface area contributed by atoms with Crippen molar-refractivity contribution in [3.63, 3.8) is 0 Å². The van der Waals surface area contributed by atoms with Crippen LogP contribution in [0.3, 0.4) is 0 Å². The third-order valence-electron chi connectivity index (χ3n) is 4.66. The van der Waals surface area contributed by atoms with Gasteiger partial charge in [-0.25, -0.2) is 9.97 Å². The van der Waals surface area contributed by atoms with Crippen LogP contribution < -0.4 is 0 Å². The van der Waals surface area contributed by atoms with Crippen LogP contribution in [0.4, 0.5) is 0 Å². The Hall–Kier alpha value is -2.96. The van der Waals surface area contributed by atoms with Crippen molar-refractivity contribution in [3.05, 3.63) is 54.9 Å². The zero-order valence-electron chi connectivity index (χ0n) is 13.9. The van der Waals surface area contributed by atoms with E-state index in [4.69, 9.17) is 0 Å². The predicted molar refractivity (Wildman–Crippen MR) is 92.7 cm³/mol. The summed E-state index contributed by atoms with van der Waals surface area (Å²) in [5.74, 6) is 1.13. The Kier molecular flexibility index (Phi) is 4.28. The highest BCUT2D eigenvalue weighted by atomic mass is 16.2. The van der Waals surface area contributed by atoms with E-state index in [1.165, 1.54) is 6.33 Å². The molecule has 1 aliphatic rings. The Labute approximate surface area is 145 Å². The summed E-state index contributed by atoms with van der Waals surface area (Å²) in [6.07, 6.45) is 9.21. The van der Waals surface area contributed by atoms with Gasteiger partial charge in [0.15, 0.2) is 5.82 Å². The maximum atomic E-state index is 13.1. The highest BCUT2D eigenvalue weighted by Crippen LogP contribution is 2.24. The summed E-state index contributed by atoms with van der Waals surface area (Å²) in [5, 5.41) is 6.74. The molecule has 1 fully saturated rings. The van der Waals surface area contributed by atoms with E-state index in [1.807, 2.05) is 41.7 Å². The topological polar surface area (TPSA) is 79.7 Å². The molecule has 4 rings (SSSR count). The first kappa shape index (κ1) is 15.6. The number of nitrogens with one attached hydrogen (secondary N) is 1. The number of H-pyrrole nitrogens is 1. The van der Waals surface area contributed by atoms with E-state index in [1.54, 1.807) is 6.20 Å². The third kappa shape index (κ3) is 3.31. The van der Waals surface area contributed by atoms with Gasteiger partial charge in [-0.2, -0.15) is 5.10 Å². The Morgan fingerprint density at radius 3 is 3.04 bits per heavy atom. The maximum absolute atomic E-state index is 13.1. The second-order valence-electron chi connectivity index (χ2n) is 6.40. The van der Waals surface area contributed by atoms with E-state index in [-0.39, 0.29) is 5.91 Å². The molecule has 7 nitrogen and oxygen atoms in total. The van der Waals surface area contributed by atoms with Gasteiger partial charge >= 0.3 is 0 Å². The SMILES string of the molecule is O=C(c1ccccc1-c1ncn[nH]1)N1CCC[C@H](Cn2ccnc2)C1. The number of nitrogens with zero attached hydrogens (tertiary/aromatic N) is 5. The lowest BCUT2D eigenvalue weighted by Gasteiger charge is -2.33. The molecule has 0 saturated carbocycles. The fourth-order valence-corrected chi connectivity index (χ4v) is 3.47. The van der Waals surface area contributed by atoms with E-state index in [2.05, 4.69) is 24.7 Å². The maximum Gasteiger partial charge on any atom is 0.254 e. The molecule has 2 aromatic heterocycles. The van der Waals surface area contributed by atoms with Crippen molar-refractivity contribution in [2.45, 2.75) is 19.4 Å². The highest BCUT2D eigenvalue weighted by molar-refractivity contribution is 6.00. The van der Waals surface area contributed by atoms with Crippen molar-refractivity contribution in [2.24, 2.45) is 5.92 Å². The molecule has 0 unspecified atom stereocenters. The fraction of sp³-hybridized carbons (Fsp3) is 0.333. The van der Waals surface area contributed by atoms with Gasteiger partial charge in [0.1, 0.15) is 6.33 Å². The number of benzene rings is 1. The number of carbonyl (C=O) groups is 1. The summed E-state index contributed by atoms with van der Waals surface area (Å²) in [4.78, 5) is 23.4. The molecule has 0 aliphatic carbocycles. The van der Waals surface area contributed by atoms with Crippen LogP contribution in [0, 0.1) is 5.92 Å². The Balaban J connectivity index is 1.53. The van der Waals surface area contributed by atoms with Crippen molar-refractivity contribution < 1.29 is 4.79 Å². The Morgan fingerprint density at radius 2 is 2.24 bits per heavy atom. The summed E-state index contributed by atoms with van der Waals surface area (Å²) in [6, 6.07) is 7.56. The number of piperidine rings is 1. The zero-order chi connectivity index (χ0) is 17.1. The standard InChI is InChI=1S/C18H20N6O/c25-18(16-6-2-1-5-15(16)17-20-12-21-22-17)24-8-3-4-14(11-24)10-23-9-7-19-13-23/h1-2,5-7,9,12-14H,3-4,8,10-11H2,(H,20,21,22)/t14-/m1/s1. The molecule has 0 bridgehead atoms. The van der Waals surface area contributed by atoms with Crippen molar-refractivity contribution in [2.75, 3.05) is 13.1 Å². The second-order valence-corrected chi connectivity index (χ2v) is 6.40. The van der Waals surface area contributed by atoms with Crippen LogP contribution in [0.5, 0.6) is 0 Å². The molecular formula is C18H20N6O. The highest BCUT2D eigenvalue weighted by Gasteiger charge is 2.26. The fourth-order valence-electron chi connectivity index (χ4n) is 3.47. The molecule has 1 aromatic carbocycles. The van der Waals surface area contributed by atoms with Crippen LogP contribution in [0.2, 0.25) is 0 Å². The summed E-state index contributed by atoms with van der Waals surface area (Å²) in [7, 11) is 0. The molecule has 1 aliphatic heterocycles. The first-order valence-corrected chi connectivity index (χ1v) is 8.51. The average molecular weight is 336 g/mol. The summed E-state index contributed by atoms with van der Waals surface area (Å²) in [5.41, 5.74) is 1.46. The molecule has 7 heteroatoms. The Morgan fingerprint density at radius 1 is 1.32 bits per heavy atom. The summed E-state index contributed by atoms with van der Waals surface area (Å²) >= 11 is 0. The molecule has 1 amide bonds. The van der Waals surface area contributed by atoms with E-state index in [9.17, 15) is 4.79 Å². The number of imidazole rings is 1. The van der Waals surface area contributed by atoms with Crippen LogP contribution in [-0.4, -0.2) is 48.6 Å². The molecule has 128 valence electrons. The normalized spacial score (nSPS) is 17.6. The van der Waals surface area contributed by atoms with Crippen molar-refractivity contribution >= 4 is 5.91 Å². The van der Waals surface area contributed by atoms with Gasteiger partial charge in [-0.3, -0.25) is 9.89 Å². The second kappa shape index (κ2) is 6.88. The molecule has 1 atom stereocenters. The number of aromatic nitrogens is 5. The largest absolute Gasteiger partial charge is 0.338 e. The molecule has 3 heterocycles. The number of hydrogen-bond acceptors (Lipinski definition) is 4. The molecular weight excluding hydrogens is 316 g/mol. The lowest BCUT2D eigenvalue weighted by atomic mass is 9.96. The van der Waals surface area contributed by atoms with Crippen LogP contribution in [0.25, 0.3) is 11.4 Å². The number of aromatic amines is 1. The number of hydrogen-bond donors (Lipinski definition) is 1. The van der Waals surface area contributed by atoms with Crippen LogP contribution >= 0.6 is 0 Å². The predicted octanol–water partition coefficient (Wildman–Crippen LogP) is 2.22. The number of carbonyl (C=O) groups excluding carboxylic acids is 1. The smallest absolute Gasteiger partial charge is 0.254 e. The summed E-state index contributed by atoms with van der Waals surface area (Å²) < 4.78 is 2.08. The van der Waals surface area contributed by atoms with Gasteiger partial charge in [0.2, 0.25) is 0 Å². The van der Waals surface area contributed by atoms with Crippen LogP contribution in [0.1, 0.15) is 23.2 Å². The number of likely N-dealkylation sites (tertiary alicyclic amines) is 1. The van der Waals surface area contributed by atoms with Crippen LogP contribution in [-0.2, 0) is 6.54 Å². The summed E-state index contributed by atoms with van der Waals surface area (Å²) in [6.45, 7) is 2.46. The van der Waals surface area contributed by atoms with Gasteiger partial charge in [0.05, 0.1) is 11.9 Å². The average Bonchev–Trinajstić information content (AvgIpc) is 3.35. The molecule has 0 radical (unpaired) electrons. The molecule has 3 aromatic rings. The van der Waals surface area contributed by atoms with Gasteiger partial charge in [0.25, 0.3) is 5.91 Å². The van der Waals surface area contributed by atoms with Crippen molar-refractivity contribution in [1.29, 1.82) is 0 Å². The van der Waals surface area contributed by atoms with E-state index in [0.717, 1.165) is 38.0 Å². The first-order chi connectivity index (χ1) is 12.3. The lowest BCUT2D eigenvalue weighted by molar-refractivity contribution is 0.0663. The molecule has 1 saturated heterocycles. The van der Waals surface area contributed by atoms with Gasteiger partial charge in [-0.05, 0) is 24.8 Å². The third-order valence-corrected chi connectivity index (χ3v) is 4.66. The van der Waals surface area contributed by atoms with Crippen LogP contribution in [0.15, 0.2) is 49.3 Å².